The van der Waals surface area contributed by atoms with Crippen molar-refractivity contribution in [2.24, 2.45) is 0 Å². The molecule has 0 fully saturated rings. The third-order valence-electron chi connectivity index (χ3n) is 6.59. The molecule has 5 aromatic carbocycles. The number of esters is 1. The van der Waals surface area contributed by atoms with Gasteiger partial charge in [0.05, 0.1) is 6.61 Å². The Balaban J connectivity index is 1.70. The summed E-state index contributed by atoms with van der Waals surface area (Å²) in [6.07, 6.45) is 0.950. The molecule has 0 aliphatic heterocycles. The Bertz CT molecular complexity index is 1620. The third kappa shape index (κ3) is 5.65. The minimum atomic E-state index is -0.412. The second-order valence-corrected chi connectivity index (χ2v) is 9.51. The first-order valence-electron chi connectivity index (χ1n) is 13.3. The van der Waals surface area contributed by atoms with Gasteiger partial charge in [-0.15, -0.1) is 0 Å². The number of fused-ring (bicyclic) bond motifs is 2. The van der Waals surface area contributed by atoms with Crippen LogP contribution in [0.5, 0.6) is 11.5 Å². The Morgan fingerprint density at radius 2 is 1.13 bits per heavy atom. The van der Waals surface area contributed by atoms with Crippen LogP contribution in [-0.2, 0) is 9.53 Å². The number of hydrogen-bond donors (Lipinski definition) is 0. The zero-order chi connectivity index (χ0) is 27.2. The van der Waals surface area contributed by atoms with E-state index >= 15 is 0 Å². The molecule has 39 heavy (non-hydrogen) atoms. The second-order valence-electron chi connectivity index (χ2n) is 9.51. The fourth-order valence-corrected chi connectivity index (χ4v) is 4.83. The molecular formula is C35H32O4. The molecule has 0 aliphatic rings. The van der Waals surface area contributed by atoms with Gasteiger partial charge in [0.15, 0.2) is 0 Å². The van der Waals surface area contributed by atoms with E-state index in [2.05, 4.69) is 92.4 Å². The van der Waals surface area contributed by atoms with E-state index in [-0.39, 0.29) is 13.2 Å². The van der Waals surface area contributed by atoms with Crippen LogP contribution in [0.1, 0.15) is 20.3 Å². The number of ether oxygens (including phenoxy) is 3. The van der Waals surface area contributed by atoms with Gasteiger partial charge in [-0.2, -0.15) is 0 Å². The molecule has 0 spiro atoms. The molecule has 4 nitrogen and oxygen atoms in total. The highest BCUT2D eigenvalue weighted by molar-refractivity contribution is 6.21. The summed E-state index contributed by atoms with van der Waals surface area (Å²) in [7, 11) is 0. The van der Waals surface area contributed by atoms with Crippen molar-refractivity contribution in [1.29, 1.82) is 0 Å². The highest BCUT2D eigenvalue weighted by atomic mass is 16.6. The maximum Gasteiger partial charge on any atom is 0.333 e. The van der Waals surface area contributed by atoms with Gasteiger partial charge in [0.2, 0.25) is 0 Å². The fourth-order valence-electron chi connectivity index (χ4n) is 4.83. The van der Waals surface area contributed by atoms with Gasteiger partial charge < -0.3 is 14.2 Å². The maximum atomic E-state index is 11.7. The number of carbonyl (C=O) groups is 1. The quantitative estimate of drug-likeness (QED) is 0.0807. The van der Waals surface area contributed by atoms with Gasteiger partial charge in [-0.1, -0.05) is 86.3 Å². The fraction of sp³-hybridized carbons (Fsp3) is 0.171. The number of carbonyl (C=O) groups excluding carboxylic acids is 1. The Kier molecular flexibility index (Phi) is 7.93. The van der Waals surface area contributed by atoms with Gasteiger partial charge in [-0.25, -0.2) is 4.79 Å². The van der Waals surface area contributed by atoms with Crippen LogP contribution in [-0.4, -0.2) is 25.8 Å². The first-order valence-corrected chi connectivity index (χ1v) is 13.3. The summed E-state index contributed by atoms with van der Waals surface area (Å²) in [4.78, 5) is 11.7. The lowest BCUT2D eigenvalue weighted by Crippen LogP contribution is -2.12. The van der Waals surface area contributed by atoms with Crippen molar-refractivity contribution in [2.45, 2.75) is 20.3 Å². The second kappa shape index (κ2) is 11.9. The molecule has 0 radical (unpaired) electrons. The predicted molar refractivity (Wildman–Crippen MR) is 159 cm³/mol. The molecule has 0 saturated heterocycles. The van der Waals surface area contributed by atoms with Crippen LogP contribution < -0.4 is 9.47 Å². The molecule has 0 amide bonds. The Morgan fingerprint density at radius 3 is 1.59 bits per heavy atom. The van der Waals surface area contributed by atoms with E-state index in [1.165, 1.54) is 0 Å². The number of hydrogen-bond acceptors (Lipinski definition) is 4. The third-order valence-corrected chi connectivity index (χ3v) is 6.59. The van der Waals surface area contributed by atoms with Gasteiger partial charge in [0.25, 0.3) is 0 Å². The molecule has 0 bridgehead atoms. The molecule has 0 saturated carbocycles. The largest absolute Gasteiger partial charge is 0.494 e. The van der Waals surface area contributed by atoms with Gasteiger partial charge in [-0.05, 0) is 81.4 Å². The molecule has 0 aliphatic carbocycles. The van der Waals surface area contributed by atoms with Gasteiger partial charge in [-0.3, -0.25) is 0 Å². The standard InChI is InChI=1S/C35H32O4/c1-4-19-37-27-15-17-29-31(22-27)33(25-11-7-5-8-12-25)30-18-16-28(38-20-21-39-35(36)24(2)3)23-32(30)34(29)26-13-9-6-10-14-26/h5-18,22-23H,2,4,19-21H2,1,3H3. The van der Waals surface area contributed by atoms with Gasteiger partial charge in [0, 0.05) is 5.57 Å². The van der Waals surface area contributed by atoms with E-state index in [0.29, 0.717) is 17.9 Å². The van der Waals surface area contributed by atoms with Crippen LogP contribution in [0.15, 0.2) is 109 Å². The number of rotatable bonds is 10. The number of benzene rings is 5. The first kappa shape index (κ1) is 26.1. The van der Waals surface area contributed by atoms with E-state index in [1.54, 1.807) is 6.92 Å². The molecule has 0 heterocycles. The molecule has 0 aromatic heterocycles. The minimum Gasteiger partial charge on any atom is -0.494 e. The van der Waals surface area contributed by atoms with E-state index in [4.69, 9.17) is 14.2 Å². The van der Waals surface area contributed by atoms with E-state index in [9.17, 15) is 4.79 Å². The molecule has 5 aromatic rings. The van der Waals surface area contributed by atoms with E-state index in [0.717, 1.165) is 56.0 Å². The van der Waals surface area contributed by atoms with Crippen LogP contribution in [0.2, 0.25) is 0 Å². The van der Waals surface area contributed by atoms with Gasteiger partial charge in [0.1, 0.15) is 24.7 Å². The molecule has 0 atom stereocenters. The molecule has 196 valence electrons. The van der Waals surface area contributed by atoms with Gasteiger partial charge >= 0.3 is 5.97 Å². The molecule has 5 rings (SSSR count). The molecule has 0 unspecified atom stereocenters. The Labute approximate surface area is 229 Å². The summed E-state index contributed by atoms with van der Waals surface area (Å²) in [6, 6.07) is 33.5. The Morgan fingerprint density at radius 1 is 0.641 bits per heavy atom. The summed E-state index contributed by atoms with van der Waals surface area (Å²) in [5.74, 6) is 1.17. The summed E-state index contributed by atoms with van der Waals surface area (Å²) >= 11 is 0. The first-order chi connectivity index (χ1) is 19.1. The van der Waals surface area contributed by atoms with Crippen molar-refractivity contribution in [3.63, 3.8) is 0 Å². The van der Waals surface area contributed by atoms with E-state index in [1.807, 2.05) is 18.2 Å². The monoisotopic (exact) mass is 516 g/mol. The highest BCUT2D eigenvalue weighted by Crippen LogP contribution is 2.45. The lowest BCUT2D eigenvalue weighted by atomic mass is 9.86. The highest BCUT2D eigenvalue weighted by Gasteiger charge is 2.18. The summed E-state index contributed by atoms with van der Waals surface area (Å²) < 4.78 is 17.3. The lowest BCUT2D eigenvalue weighted by Gasteiger charge is -2.19. The average Bonchev–Trinajstić information content (AvgIpc) is 2.97. The summed E-state index contributed by atoms with van der Waals surface area (Å²) in [6.45, 7) is 8.44. The van der Waals surface area contributed by atoms with Crippen LogP contribution in [0.4, 0.5) is 0 Å². The molecular weight excluding hydrogens is 484 g/mol. The van der Waals surface area contributed by atoms with Crippen molar-refractivity contribution < 1.29 is 19.0 Å². The average molecular weight is 517 g/mol. The summed E-state index contributed by atoms with van der Waals surface area (Å²) in [5, 5.41) is 4.50. The van der Waals surface area contributed by atoms with Crippen LogP contribution in [0.3, 0.4) is 0 Å². The summed E-state index contributed by atoms with van der Waals surface area (Å²) in [5.41, 5.74) is 4.93. The van der Waals surface area contributed by atoms with Crippen LogP contribution in [0.25, 0.3) is 43.8 Å². The topological polar surface area (TPSA) is 44.8 Å². The molecule has 4 heteroatoms. The zero-order valence-electron chi connectivity index (χ0n) is 22.4. The zero-order valence-corrected chi connectivity index (χ0v) is 22.4. The van der Waals surface area contributed by atoms with Crippen molar-refractivity contribution in [2.75, 3.05) is 19.8 Å². The van der Waals surface area contributed by atoms with E-state index < -0.39 is 5.97 Å². The lowest BCUT2D eigenvalue weighted by molar-refractivity contribution is -0.139. The van der Waals surface area contributed by atoms with Crippen molar-refractivity contribution in [3.8, 4) is 33.8 Å². The smallest absolute Gasteiger partial charge is 0.333 e. The molecule has 0 N–H and O–H groups in total. The normalized spacial score (nSPS) is 10.9. The van der Waals surface area contributed by atoms with Crippen molar-refractivity contribution in [1.82, 2.24) is 0 Å². The Hall–Kier alpha value is -4.57. The SMILES string of the molecule is C=C(C)C(=O)OCCOc1ccc2c(-c3ccccc3)c3cc(OCCC)ccc3c(-c3ccccc3)c2c1. The van der Waals surface area contributed by atoms with Crippen molar-refractivity contribution >= 4 is 27.5 Å². The maximum absolute atomic E-state index is 11.7. The predicted octanol–water partition coefficient (Wildman–Crippen LogP) is 8.61. The van der Waals surface area contributed by atoms with Crippen LogP contribution >= 0.6 is 0 Å². The van der Waals surface area contributed by atoms with Crippen LogP contribution in [0, 0.1) is 0 Å². The van der Waals surface area contributed by atoms with Crippen molar-refractivity contribution in [3.05, 3.63) is 109 Å². The minimum absolute atomic E-state index is 0.156.